The van der Waals surface area contributed by atoms with Crippen molar-refractivity contribution in [2.45, 2.75) is 50.3 Å². The van der Waals surface area contributed by atoms with Crippen molar-refractivity contribution in [3.8, 4) is 0 Å². The van der Waals surface area contributed by atoms with Gasteiger partial charge in [-0.15, -0.1) is 23.7 Å². The van der Waals surface area contributed by atoms with E-state index in [1.165, 1.54) is 11.3 Å². The predicted octanol–water partition coefficient (Wildman–Crippen LogP) is 1.89. The molecule has 0 radical (unpaired) electrons. The average molecular weight is 410 g/mol. The van der Waals surface area contributed by atoms with Gasteiger partial charge in [-0.1, -0.05) is 20.8 Å². The van der Waals surface area contributed by atoms with Gasteiger partial charge >= 0.3 is 0 Å². The van der Waals surface area contributed by atoms with Crippen LogP contribution in [0.5, 0.6) is 0 Å². The minimum absolute atomic E-state index is 0. The maximum absolute atomic E-state index is 12.4. The third-order valence-corrected chi connectivity index (χ3v) is 7.12. The number of sulfonamides is 1. The van der Waals surface area contributed by atoms with Crippen LogP contribution in [0.4, 0.5) is 0 Å². The first-order chi connectivity index (χ1) is 11.1. The quantitative estimate of drug-likeness (QED) is 0.610. The van der Waals surface area contributed by atoms with Gasteiger partial charge in [0.05, 0.1) is 0 Å². The van der Waals surface area contributed by atoms with Crippen LogP contribution in [0.1, 0.15) is 38.5 Å². The number of halogens is 1. The normalized spacial score (nSPS) is 16.2. The largest absolute Gasteiger partial charge is 0.355 e. The molecule has 1 heterocycles. The highest BCUT2D eigenvalue weighted by Gasteiger charge is 2.33. The molecule has 9 heteroatoms. The van der Waals surface area contributed by atoms with E-state index >= 15 is 0 Å². The number of nitrogens with one attached hydrogen (secondary N) is 2. The standard InChI is InChI=1S/C16H27N3O3S2.ClH/c1-16(2,3)15(20)18-9-8-12-6-7-14(23-12)24(21,22)19-13(10-17)11-4-5-11;/h6-7,11,13,19H,4-5,8-10,17H2,1-3H3,(H,18,20);1H. The fraction of sp³-hybridized carbons (Fsp3) is 0.688. The summed E-state index contributed by atoms with van der Waals surface area (Å²) in [6.07, 6.45) is 2.69. The molecule has 25 heavy (non-hydrogen) atoms. The summed E-state index contributed by atoms with van der Waals surface area (Å²) in [5.74, 6) is 0.362. The summed E-state index contributed by atoms with van der Waals surface area (Å²) in [4.78, 5) is 12.7. The number of rotatable bonds is 8. The Balaban J connectivity index is 0.00000312. The molecule has 4 N–H and O–H groups in total. The first-order valence-electron chi connectivity index (χ1n) is 8.23. The highest BCUT2D eigenvalue weighted by molar-refractivity contribution is 7.91. The lowest BCUT2D eigenvalue weighted by Gasteiger charge is -2.17. The number of amides is 1. The van der Waals surface area contributed by atoms with Gasteiger partial charge < -0.3 is 11.1 Å². The summed E-state index contributed by atoms with van der Waals surface area (Å²) in [6.45, 7) is 6.39. The molecule has 144 valence electrons. The van der Waals surface area contributed by atoms with Crippen LogP contribution in [0.15, 0.2) is 16.3 Å². The van der Waals surface area contributed by atoms with Gasteiger partial charge in [-0.2, -0.15) is 0 Å². The Hall–Kier alpha value is -0.670. The summed E-state index contributed by atoms with van der Waals surface area (Å²) in [7, 11) is -3.52. The molecule has 1 atom stereocenters. The average Bonchev–Trinajstić information content (AvgIpc) is 3.21. The Morgan fingerprint density at radius 3 is 2.52 bits per heavy atom. The Morgan fingerprint density at radius 1 is 1.36 bits per heavy atom. The predicted molar refractivity (Wildman–Crippen MR) is 104 cm³/mol. The smallest absolute Gasteiger partial charge is 0.250 e. The molecule has 0 aliphatic heterocycles. The number of carbonyl (C=O) groups is 1. The summed E-state index contributed by atoms with van der Waals surface area (Å²) in [5, 5.41) is 2.87. The molecule has 1 aliphatic rings. The van der Waals surface area contributed by atoms with Crippen molar-refractivity contribution >= 4 is 39.7 Å². The van der Waals surface area contributed by atoms with Gasteiger partial charge in [0.2, 0.25) is 15.9 Å². The Labute approximate surface area is 160 Å². The fourth-order valence-electron chi connectivity index (χ4n) is 2.29. The lowest BCUT2D eigenvalue weighted by atomic mass is 9.96. The number of nitrogens with two attached hydrogens (primary N) is 1. The van der Waals surface area contributed by atoms with Gasteiger partial charge in [0.25, 0.3) is 0 Å². The van der Waals surface area contributed by atoms with Crippen LogP contribution in [-0.2, 0) is 21.2 Å². The highest BCUT2D eigenvalue weighted by Crippen LogP contribution is 2.33. The first-order valence-corrected chi connectivity index (χ1v) is 10.5. The van der Waals surface area contributed by atoms with Gasteiger partial charge in [-0.05, 0) is 37.3 Å². The van der Waals surface area contributed by atoms with E-state index in [0.717, 1.165) is 17.7 Å². The van der Waals surface area contributed by atoms with Crippen molar-refractivity contribution in [3.05, 3.63) is 17.0 Å². The molecule has 2 rings (SSSR count). The van der Waals surface area contributed by atoms with Crippen molar-refractivity contribution in [3.63, 3.8) is 0 Å². The zero-order chi connectivity index (χ0) is 18.0. The second-order valence-electron chi connectivity index (χ2n) is 7.28. The Kier molecular flexibility index (Phi) is 7.89. The molecule has 0 aromatic carbocycles. The van der Waals surface area contributed by atoms with E-state index in [-0.39, 0.29) is 24.4 Å². The summed E-state index contributed by atoms with van der Waals surface area (Å²) in [5.41, 5.74) is 5.25. The van der Waals surface area contributed by atoms with Crippen molar-refractivity contribution in [1.82, 2.24) is 10.0 Å². The van der Waals surface area contributed by atoms with Crippen molar-refractivity contribution < 1.29 is 13.2 Å². The lowest BCUT2D eigenvalue weighted by Crippen LogP contribution is -2.41. The van der Waals surface area contributed by atoms with Gasteiger partial charge in [0.15, 0.2) is 0 Å². The van der Waals surface area contributed by atoms with E-state index in [0.29, 0.717) is 29.6 Å². The Bertz CT molecular complexity index is 679. The van der Waals surface area contributed by atoms with E-state index in [9.17, 15) is 13.2 Å². The topological polar surface area (TPSA) is 101 Å². The van der Waals surface area contributed by atoms with Crippen molar-refractivity contribution in [2.75, 3.05) is 13.1 Å². The molecule has 1 aliphatic carbocycles. The van der Waals surface area contributed by atoms with E-state index in [2.05, 4.69) is 10.0 Å². The molecule has 1 aromatic rings. The second-order valence-corrected chi connectivity index (χ2v) is 10.4. The number of hydrogen-bond donors (Lipinski definition) is 3. The van der Waals surface area contributed by atoms with Crippen LogP contribution in [0.3, 0.4) is 0 Å². The Morgan fingerprint density at radius 2 is 2.00 bits per heavy atom. The summed E-state index contributed by atoms with van der Waals surface area (Å²) in [6, 6.07) is 3.25. The van der Waals surface area contributed by atoms with Crippen LogP contribution >= 0.6 is 23.7 Å². The van der Waals surface area contributed by atoms with Gasteiger partial charge in [0, 0.05) is 29.4 Å². The van der Waals surface area contributed by atoms with Crippen molar-refractivity contribution in [2.24, 2.45) is 17.1 Å². The molecule has 1 amide bonds. The third-order valence-electron chi connectivity index (χ3n) is 3.99. The molecule has 0 bridgehead atoms. The van der Waals surface area contributed by atoms with E-state index in [4.69, 9.17) is 5.73 Å². The van der Waals surface area contributed by atoms with Crippen molar-refractivity contribution in [1.29, 1.82) is 0 Å². The van der Waals surface area contributed by atoms with Crippen LogP contribution in [0.25, 0.3) is 0 Å². The molecule has 6 nitrogen and oxygen atoms in total. The monoisotopic (exact) mass is 409 g/mol. The minimum atomic E-state index is -3.52. The molecule has 1 aromatic heterocycles. The number of hydrogen-bond acceptors (Lipinski definition) is 5. The number of carbonyl (C=O) groups excluding carboxylic acids is 1. The van der Waals surface area contributed by atoms with Gasteiger partial charge in [-0.25, -0.2) is 13.1 Å². The summed E-state index contributed by atoms with van der Waals surface area (Å²) >= 11 is 1.24. The third kappa shape index (κ3) is 6.53. The van der Waals surface area contributed by atoms with E-state index < -0.39 is 15.4 Å². The second kappa shape index (κ2) is 8.81. The highest BCUT2D eigenvalue weighted by atomic mass is 35.5. The van der Waals surface area contributed by atoms with E-state index in [1.807, 2.05) is 20.8 Å². The van der Waals surface area contributed by atoms with E-state index in [1.54, 1.807) is 12.1 Å². The molecule has 1 unspecified atom stereocenters. The van der Waals surface area contributed by atoms with Gasteiger partial charge in [-0.3, -0.25) is 4.79 Å². The fourth-order valence-corrected chi connectivity index (χ4v) is 4.98. The van der Waals surface area contributed by atoms with Crippen LogP contribution in [0, 0.1) is 11.3 Å². The number of thiophene rings is 1. The molecule has 0 spiro atoms. The van der Waals surface area contributed by atoms with Crippen LogP contribution in [0.2, 0.25) is 0 Å². The minimum Gasteiger partial charge on any atom is -0.355 e. The SMILES string of the molecule is CC(C)(C)C(=O)NCCc1ccc(S(=O)(=O)NC(CN)C2CC2)s1.Cl. The molecular weight excluding hydrogens is 382 g/mol. The maximum atomic E-state index is 12.4. The molecular formula is C16H28ClN3O3S2. The van der Waals surface area contributed by atoms with Gasteiger partial charge in [0.1, 0.15) is 4.21 Å². The maximum Gasteiger partial charge on any atom is 0.250 e. The zero-order valence-corrected chi connectivity index (χ0v) is 17.3. The summed E-state index contributed by atoms with van der Waals surface area (Å²) < 4.78 is 27.9. The molecule has 1 saturated carbocycles. The lowest BCUT2D eigenvalue weighted by molar-refractivity contribution is -0.128. The van der Waals surface area contributed by atoms with Crippen LogP contribution in [-0.4, -0.2) is 33.5 Å². The van der Waals surface area contributed by atoms with Crippen LogP contribution < -0.4 is 15.8 Å². The molecule has 1 fully saturated rings. The first kappa shape index (κ1) is 22.4. The molecule has 0 saturated heterocycles. The zero-order valence-electron chi connectivity index (χ0n) is 14.9.